The third kappa shape index (κ3) is 4.65. The zero-order valence-electron chi connectivity index (χ0n) is 16.2. The molecule has 0 N–H and O–H groups in total. The zero-order valence-corrected chi connectivity index (χ0v) is 18.6. The van der Waals surface area contributed by atoms with Crippen LogP contribution in [0.1, 0.15) is 29.7 Å². The van der Waals surface area contributed by atoms with Gasteiger partial charge in [-0.05, 0) is 43.5 Å². The topological polar surface area (TPSA) is 50.3 Å². The number of halogens is 1. The van der Waals surface area contributed by atoms with Crippen LogP contribution in [0.2, 0.25) is 5.02 Å². The Morgan fingerprint density at radius 1 is 1.14 bits per heavy atom. The maximum absolute atomic E-state index is 12.9. The van der Waals surface area contributed by atoms with E-state index < -0.39 is 9.84 Å². The lowest BCUT2D eigenvalue weighted by Crippen LogP contribution is -2.39. The predicted octanol–water partition coefficient (Wildman–Crippen LogP) is 5.14. The van der Waals surface area contributed by atoms with Gasteiger partial charge in [-0.15, -0.1) is 11.3 Å². The van der Waals surface area contributed by atoms with Gasteiger partial charge in [-0.25, -0.2) is 13.4 Å². The molecule has 2 aromatic carbocycles. The summed E-state index contributed by atoms with van der Waals surface area (Å²) in [5.74, 6) is 0. The van der Waals surface area contributed by atoms with Gasteiger partial charge < -0.3 is 4.90 Å². The molecule has 152 valence electrons. The molecular formula is C22H23ClN2O2S2. The van der Waals surface area contributed by atoms with Crippen LogP contribution in [0.3, 0.4) is 0 Å². The third-order valence-corrected chi connectivity index (χ3v) is 8.77. The van der Waals surface area contributed by atoms with E-state index in [4.69, 9.17) is 16.6 Å². The highest BCUT2D eigenvalue weighted by molar-refractivity contribution is 7.92. The van der Waals surface area contributed by atoms with Crippen LogP contribution >= 0.6 is 22.9 Å². The number of hydrogen-bond donors (Lipinski definition) is 0. The molecule has 0 bridgehead atoms. The number of hydrogen-bond acceptors (Lipinski definition) is 5. The van der Waals surface area contributed by atoms with Crippen LogP contribution in [0, 0.1) is 6.92 Å². The summed E-state index contributed by atoms with van der Waals surface area (Å²) in [6.45, 7) is 3.48. The molecule has 4 nitrogen and oxygen atoms in total. The van der Waals surface area contributed by atoms with E-state index in [9.17, 15) is 8.42 Å². The Labute approximate surface area is 181 Å². The molecule has 0 aliphatic carbocycles. The number of anilines is 1. The number of rotatable bonds is 5. The number of aromatic nitrogens is 1. The van der Waals surface area contributed by atoms with Crippen LogP contribution in [0.5, 0.6) is 0 Å². The first-order valence-electron chi connectivity index (χ1n) is 9.66. The molecule has 29 heavy (non-hydrogen) atoms. The maximum Gasteiger partial charge on any atom is 0.185 e. The van der Waals surface area contributed by atoms with Crippen molar-refractivity contribution in [1.29, 1.82) is 0 Å². The smallest absolute Gasteiger partial charge is 0.185 e. The molecule has 4 rings (SSSR count). The standard InChI is InChI=1S/C22H23ClN2O2S2/c1-16-5-7-17(8-6-16)13-19-15-28-22(24-19)25-11-9-20(10-12-25)29(26,27)21-4-2-3-18(23)14-21/h2-8,14-15,20H,9-13H2,1H3. The third-order valence-electron chi connectivity index (χ3n) is 5.32. The van der Waals surface area contributed by atoms with Gasteiger partial charge in [0.25, 0.3) is 0 Å². The second kappa shape index (κ2) is 8.46. The maximum atomic E-state index is 12.9. The van der Waals surface area contributed by atoms with Gasteiger partial charge in [-0.2, -0.15) is 0 Å². The predicted molar refractivity (Wildman–Crippen MR) is 120 cm³/mol. The summed E-state index contributed by atoms with van der Waals surface area (Å²) in [4.78, 5) is 7.31. The minimum absolute atomic E-state index is 0.318. The van der Waals surface area contributed by atoms with Gasteiger partial charge in [0, 0.05) is 29.9 Å². The lowest BCUT2D eigenvalue weighted by atomic mass is 10.1. The molecule has 1 aliphatic rings. The lowest BCUT2D eigenvalue weighted by molar-refractivity contribution is 0.529. The molecule has 2 heterocycles. The van der Waals surface area contributed by atoms with Crippen molar-refractivity contribution >= 4 is 37.9 Å². The SMILES string of the molecule is Cc1ccc(Cc2csc(N3CCC(S(=O)(=O)c4cccc(Cl)c4)CC3)n2)cc1. The minimum Gasteiger partial charge on any atom is -0.348 e. The van der Waals surface area contributed by atoms with Crippen molar-refractivity contribution in [2.45, 2.75) is 36.3 Å². The molecule has 0 saturated carbocycles. The average Bonchev–Trinajstić information content (AvgIpc) is 3.18. The molecule has 0 radical (unpaired) electrons. The van der Waals surface area contributed by atoms with E-state index >= 15 is 0 Å². The van der Waals surface area contributed by atoms with Gasteiger partial charge in [-0.1, -0.05) is 47.5 Å². The molecule has 0 unspecified atom stereocenters. The van der Waals surface area contributed by atoms with Gasteiger partial charge in [0.1, 0.15) is 0 Å². The van der Waals surface area contributed by atoms with Gasteiger partial charge in [0.05, 0.1) is 15.8 Å². The van der Waals surface area contributed by atoms with Gasteiger partial charge in [0.2, 0.25) is 0 Å². The fourth-order valence-electron chi connectivity index (χ4n) is 3.63. The molecule has 1 aromatic heterocycles. The van der Waals surface area contributed by atoms with Crippen molar-refractivity contribution in [2.24, 2.45) is 0 Å². The number of sulfone groups is 1. The minimum atomic E-state index is -3.36. The van der Waals surface area contributed by atoms with Crippen molar-refractivity contribution in [1.82, 2.24) is 4.98 Å². The molecule has 1 saturated heterocycles. The molecule has 1 fully saturated rings. The summed E-state index contributed by atoms with van der Waals surface area (Å²) in [6.07, 6.45) is 2.01. The molecular weight excluding hydrogens is 424 g/mol. The van der Waals surface area contributed by atoms with Crippen molar-refractivity contribution < 1.29 is 8.42 Å². The highest BCUT2D eigenvalue weighted by Gasteiger charge is 2.32. The Bertz CT molecular complexity index is 1090. The van der Waals surface area contributed by atoms with Crippen molar-refractivity contribution in [2.75, 3.05) is 18.0 Å². The van der Waals surface area contributed by atoms with Crippen molar-refractivity contribution in [3.8, 4) is 0 Å². The molecule has 0 atom stereocenters. The summed E-state index contributed by atoms with van der Waals surface area (Å²) >= 11 is 7.61. The Morgan fingerprint density at radius 3 is 2.55 bits per heavy atom. The lowest BCUT2D eigenvalue weighted by Gasteiger charge is -2.31. The van der Waals surface area contributed by atoms with E-state index in [1.165, 1.54) is 11.1 Å². The zero-order chi connectivity index (χ0) is 20.4. The van der Waals surface area contributed by atoms with Crippen LogP contribution in [-0.2, 0) is 16.3 Å². The van der Waals surface area contributed by atoms with Gasteiger partial charge in [-0.3, -0.25) is 0 Å². The molecule has 1 aliphatic heterocycles. The van der Waals surface area contributed by atoms with E-state index in [0.717, 1.165) is 17.2 Å². The van der Waals surface area contributed by atoms with E-state index in [1.54, 1.807) is 35.6 Å². The molecule has 0 amide bonds. The van der Waals surface area contributed by atoms with Crippen molar-refractivity contribution in [3.05, 3.63) is 75.8 Å². The van der Waals surface area contributed by atoms with Crippen LogP contribution in [0.4, 0.5) is 5.13 Å². The number of aryl methyl sites for hydroxylation is 1. The molecule has 7 heteroatoms. The van der Waals surface area contributed by atoms with Crippen LogP contribution in [0.15, 0.2) is 58.8 Å². The Balaban J connectivity index is 1.40. The second-order valence-corrected chi connectivity index (χ2v) is 11.0. The van der Waals surface area contributed by atoms with Crippen LogP contribution < -0.4 is 4.90 Å². The summed E-state index contributed by atoms with van der Waals surface area (Å²) < 4.78 is 25.8. The fraction of sp³-hybridized carbons (Fsp3) is 0.318. The highest BCUT2D eigenvalue weighted by Crippen LogP contribution is 2.30. The quantitative estimate of drug-likeness (QED) is 0.544. The van der Waals surface area contributed by atoms with E-state index in [-0.39, 0.29) is 5.25 Å². The number of piperidine rings is 1. The summed E-state index contributed by atoms with van der Waals surface area (Å²) in [5.41, 5.74) is 3.56. The Kier molecular flexibility index (Phi) is 5.95. The monoisotopic (exact) mass is 446 g/mol. The van der Waals surface area contributed by atoms with Crippen LogP contribution in [0.25, 0.3) is 0 Å². The Morgan fingerprint density at radius 2 is 1.86 bits per heavy atom. The van der Waals surface area contributed by atoms with Crippen molar-refractivity contribution in [3.63, 3.8) is 0 Å². The van der Waals surface area contributed by atoms with E-state index in [0.29, 0.717) is 35.8 Å². The van der Waals surface area contributed by atoms with E-state index in [1.807, 2.05) is 0 Å². The summed E-state index contributed by atoms with van der Waals surface area (Å²) in [7, 11) is -3.36. The number of thiazole rings is 1. The summed E-state index contributed by atoms with van der Waals surface area (Å²) in [6, 6.07) is 15.1. The first kappa shape index (κ1) is 20.4. The Hall–Kier alpha value is -1.89. The van der Waals surface area contributed by atoms with Gasteiger partial charge >= 0.3 is 0 Å². The molecule has 3 aromatic rings. The first-order valence-corrected chi connectivity index (χ1v) is 12.5. The number of nitrogens with zero attached hydrogens (tertiary/aromatic N) is 2. The van der Waals surface area contributed by atoms with Gasteiger partial charge in [0.15, 0.2) is 15.0 Å². The highest BCUT2D eigenvalue weighted by atomic mass is 35.5. The van der Waals surface area contributed by atoms with Crippen LogP contribution in [-0.4, -0.2) is 31.7 Å². The largest absolute Gasteiger partial charge is 0.348 e. The first-order chi connectivity index (χ1) is 13.9. The van der Waals surface area contributed by atoms with E-state index in [2.05, 4.69) is 41.5 Å². The second-order valence-electron chi connectivity index (χ2n) is 7.47. The summed E-state index contributed by atoms with van der Waals surface area (Å²) in [5, 5.41) is 3.16. The average molecular weight is 447 g/mol. The molecule has 0 spiro atoms. The number of benzene rings is 2. The fourth-order valence-corrected chi connectivity index (χ4v) is 6.54. The normalized spacial score (nSPS) is 15.6.